The van der Waals surface area contributed by atoms with Crippen molar-refractivity contribution in [2.75, 3.05) is 52.1 Å². The van der Waals surface area contributed by atoms with Crippen molar-refractivity contribution in [2.24, 2.45) is 0 Å². The highest BCUT2D eigenvalue weighted by atomic mass is 35.5. The fourth-order valence-corrected chi connectivity index (χ4v) is 2.52. The van der Waals surface area contributed by atoms with Crippen molar-refractivity contribution in [1.29, 1.82) is 0 Å². The first kappa shape index (κ1) is 17.8. The van der Waals surface area contributed by atoms with Gasteiger partial charge >= 0.3 is 6.03 Å². The predicted molar refractivity (Wildman–Crippen MR) is 92.2 cm³/mol. The number of anilines is 1. The summed E-state index contributed by atoms with van der Waals surface area (Å²) in [5, 5.41) is 3.65. The summed E-state index contributed by atoms with van der Waals surface area (Å²) in [6, 6.07) is 4.79. The van der Waals surface area contributed by atoms with Crippen LogP contribution >= 0.6 is 23.2 Å². The lowest BCUT2D eigenvalue weighted by molar-refractivity contribution is -0.130. The second kappa shape index (κ2) is 7.86. The third-order valence-corrected chi connectivity index (χ3v) is 4.43. The molecule has 1 fully saturated rings. The van der Waals surface area contributed by atoms with E-state index in [1.165, 1.54) is 0 Å². The van der Waals surface area contributed by atoms with E-state index < -0.39 is 0 Å². The third-order valence-electron chi connectivity index (χ3n) is 3.69. The zero-order valence-electron chi connectivity index (χ0n) is 13.2. The normalized spacial score (nSPS) is 15.4. The molecule has 0 unspecified atom stereocenters. The summed E-state index contributed by atoms with van der Waals surface area (Å²) in [5.74, 6) is 0.0682. The minimum atomic E-state index is -0.179. The third kappa shape index (κ3) is 4.99. The lowest BCUT2D eigenvalue weighted by Crippen LogP contribution is -2.52. The van der Waals surface area contributed by atoms with E-state index in [9.17, 15) is 9.59 Å². The number of benzene rings is 1. The molecule has 1 aromatic carbocycles. The van der Waals surface area contributed by atoms with Crippen molar-refractivity contribution in [1.82, 2.24) is 14.7 Å². The van der Waals surface area contributed by atoms with E-state index in [4.69, 9.17) is 23.2 Å². The fourth-order valence-electron chi connectivity index (χ4n) is 2.22. The average molecular weight is 359 g/mol. The van der Waals surface area contributed by atoms with Crippen molar-refractivity contribution in [3.05, 3.63) is 28.2 Å². The Labute approximate surface area is 145 Å². The molecule has 0 saturated carbocycles. The van der Waals surface area contributed by atoms with Crippen LogP contribution in [0.2, 0.25) is 10.0 Å². The molecule has 1 N–H and O–H groups in total. The Balaban J connectivity index is 1.83. The van der Waals surface area contributed by atoms with Crippen molar-refractivity contribution in [3.8, 4) is 0 Å². The maximum absolute atomic E-state index is 12.2. The van der Waals surface area contributed by atoms with Gasteiger partial charge in [0.05, 0.1) is 16.6 Å². The van der Waals surface area contributed by atoms with E-state index in [1.54, 1.807) is 42.1 Å². The summed E-state index contributed by atoms with van der Waals surface area (Å²) in [6.45, 7) is 2.89. The first-order valence-corrected chi connectivity index (χ1v) is 8.06. The Morgan fingerprint density at radius 3 is 2.35 bits per heavy atom. The van der Waals surface area contributed by atoms with Gasteiger partial charge in [-0.2, -0.15) is 0 Å². The first-order valence-electron chi connectivity index (χ1n) is 7.30. The van der Waals surface area contributed by atoms with E-state index in [2.05, 4.69) is 5.32 Å². The number of hydrogen-bond acceptors (Lipinski definition) is 3. The summed E-state index contributed by atoms with van der Waals surface area (Å²) < 4.78 is 0. The number of likely N-dealkylation sites (N-methyl/N-ethyl adjacent to an activating group) is 1. The van der Waals surface area contributed by atoms with Crippen LogP contribution in [0, 0.1) is 0 Å². The maximum atomic E-state index is 12.2. The van der Waals surface area contributed by atoms with Gasteiger partial charge in [-0.3, -0.25) is 9.69 Å². The van der Waals surface area contributed by atoms with Gasteiger partial charge in [-0.15, -0.1) is 0 Å². The molecule has 1 aromatic rings. The van der Waals surface area contributed by atoms with Gasteiger partial charge in [-0.1, -0.05) is 23.2 Å². The van der Waals surface area contributed by atoms with Crippen LogP contribution in [0.3, 0.4) is 0 Å². The summed E-state index contributed by atoms with van der Waals surface area (Å²) >= 11 is 11.8. The number of nitrogens with one attached hydrogen (secondary N) is 1. The van der Waals surface area contributed by atoms with Crippen LogP contribution in [-0.2, 0) is 4.79 Å². The number of carbonyl (C=O) groups excluding carboxylic acids is 2. The Morgan fingerprint density at radius 2 is 1.78 bits per heavy atom. The monoisotopic (exact) mass is 358 g/mol. The lowest BCUT2D eigenvalue weighted by atomic mass is 10.3. The number of nitrogens with zero attached hydrogens (tertiary/aromatic N) is 3. The number of piperazine rings is 1. The SMILES string of the molecule is CN(C)C(=O)CN1CCN(C(=O)Nc2ccc(Cl)c(Cl)c2)CC1. The first-order chi connectivity index (χ1) is 10.9. The highest BCUT2D eigenvalue weighted by Gasteiger charge is 2.22. The minimum Gasteiger partial charge on any atom is -0.348 e. The molecule has 0 spiro atoms. The minimum absolute atomic E-state index is 0.0682. The summed E-state index contributed by atoms with van der Waals surface area (Å²) in [4.78, 5) is 29.3. The van der Waals surface area contributed by atoms with Crippen LogP contribution in [0.5, 0.6) is 0 Å². The number of urea groups is 1. The topological polar surface area (TPSA) is 55.9 Å². The van der Waals surface area contributed by atoms with E-state index in [-0.39, 0.29) is 11.9 Å². The van der Waals surface area contributed by atoms with E-state index >= 15 is 0 Å². The van der Waals surface area contributed by atoms with E-state index in [0.717, 1.165) is 0 Å². The molecule has 1 aliphatic heterocycles. The summed E-state index contributed by atoms with van der Waals surface area (Å²) in [7, 11) is 3.48. The zero-order valence-corrected chi connectivity index (χ0v) is 14.7. The van der Waals surface area contributed by atoms with Gasteiger partial charge in [0.1, 0.15) is 0 Å². The van der Waals surface area contributed by atoms with Crippen molar-refractivity contribution >= 4 is 40.8 Å². The average Bonchev–Trinajstić information content (AvgIpc) is 2.51. The van der Waals surface area contributed by atoms with Crippen LogP contribution in [0.25, 0.3) is 0 Å². The largest absolute Gasteiger partial charge is 0.348 e. The highest BCUT2D eigenvalue weighted by molar-refractivity contribution is 6.42. The number of amides is 3. The molecular formula is C15H20Cl2N4O2. The molecule has 3 amide bonds. The molecule has 1 saturated heterocycles. The predicted octanol–water partition coefficient (Wildman–Crippen LogP) is 2.23. The number of hydrogen-bond donors (Lipinski definition) is 1. The Kier molecular flexibility index (Phi) is 6.10. The Bertz CT molecular complexity index is 587. The van der Waals surface area contributed by atoms with Crippen molar-refractivity contribution < 1.29 is 9.59 Å². The molecule has 8 heteroatoms. The van der Waals surface area contributed by atoms with Crippen LogP contribution in [-0.4, -0.2) is 73.5 Å². The van der Waals surface area contributed by atoms with Gasteiger partial charge in [-0.05, 0) is 18.2 Å². The molecule has 0 bridgehead atoms. The molecule has 6 nitrogen and oxygen atoms in total. The van der Waals surface area contributed by atoms with Crippen LogP contribution in [0.15, 0.2) is 18.2 Å². The quantitative estimate of drug-likeness (QED) is 0.901. The van der Waals surface area contributed by atoms with Crippen molar-refractivity contribution in [2.45, 2.75) is 0 Å². The van der Waals surface area contributed by atoms with Gasteiger partial charge in [0.15, 0.2) is 0 Å². The number of halogens is 2. The maximum Gasteiger partial charge on any atom is 0.321 e. The molecular weight excluding hydrogens is 339 g/mol. The van der Waals surface area contributed by atoms with Crippen LogP contribution in [0.1, 0.15) is 0 Å². The van der Waals surface area contributed by atoms with Crippen LogP contribution in [0.4, 0.5) is 10.5 Å². The van der Waals surface area contributed by atoms with Gasteiger partial charge in [0.25, 0.3) is 0 Å². The van der Waals surface area contributed by atoms with E-state index in [1.807, 2.05) is 4.90 Å². The van der Waals surface area contributed by atoms with Crippen molar-refractivity contribution in [3.63, 3.8) is 0 Å². The lowest BCUT2D eigenvalue weighted by Gasteiger charge is -2.34. The standard InChI is InChI=1S/C15H20Cl2N4O2/c1-19(2)14(22)10-20-5-7-21(8-6-20)15(23)18-11-3-4-12(16)13(17)9-11/h3-4,9H,5-8,10H2,1-2H3,(H,18,23). The Hall–Kier alpha value is -1.50. The fraction of sp³-hybridized carbons (Fsp3) is 0.467. The molecule has 0 atom stereocenters. The second-order valence-electron chi connectivity index (χ2n) is 5.61. The molecule has 1 heterocycles. The van der Waals surface area contributed by atoms with Gasteiger partial charge in [0, 0.05) is 46.0 Å². The molecule has 2 rings (SSSR count). The smallest absolute Gasteiger partial charge is 0.321 e. The van der Waals surface area contributed by atoms with Crippen LogP contribution < -0.4 is 5.32 Å². The second-order valence-corrected chi connectivity index (χ2v) is 6.42. The summed E-state index contributed by atoms with van der Waals surface area (Å²) in [5.41, 5.74) is 0.606. The summed E-state index contributed by atoms with van der Waals surface area (Å²) in [6.07, 6.45) is 0. The molecule has 0 aromatic heterocycles. The highest BCUT2D eigenvalue weighted by Crippen LogP contribution is 2.25. The Morgan fingerprint density at radius 1 is 1.13 bits per heavy atom. The molecule has 23 heavy (non-hydrogen) atoms. The van der Waals surface area contributed by atoms with Gasteiger partial charge in [0.2, 0.25) is 5.91 Å². The zero-order chi connectivity index (χ0) is 17.0. The number of carbonyl (C=O) groups is 2. The molecule has 126 valence electrons. The molecule has 0 radical (unpaired) electrons. The van der Waals surface area contributed by atoms with Gasteiger partial charge in [-0.25, -0.2) is 4.79 Å². The molecule has 1 aliphatic rings. The number of rotatable bonds is 3. The molecule has 0 aliphatic carbocycles. The van der Waals surface area contributed by atoms with Gasteiger partial charge < -0.3 is 15.1 Å². The van der Waals surface area contributed by atoms with E-state index in [0.29, 0.717) is 48.5 Å².